The predicted molar refractivity (Wildman–Crippen MR) is 65.2 cm³/mol. The molecule has 3 heteroatoms. The smallest absolute Gasteiger partial charge is 0.333 e. The van der Waals surface area contributed by atoms with E-state index in [-0.39, 0.29) is 5.97 Å². The molecule has 0 aromatic carbocycles. The Morgan fingerprint density at radius 2 is 2.00 bits per heavy atom. The van der Waals surface area contributed by atoms with Gasteiger partial charge in [-0.3, -0.25) is 0 Å². The van der Waals surface area contributed by atoms with E-state index in [9.17, 15) is 4.79 Å². The van der Waals surface area contributed by atoms with Gasteiger partial charge in [-0.05, 0) is 38.5 Å². The van der Waals surface area contributed by atoms with Crippen LogP contribution in [0.4, 0.5) is 0 Å². The van der Waals surface area contributed by atoms with Crippen molar-refractivity contribution in [2.45, 2.75) is 45.6 Å². The number of carbonyl (C=O) groups excluding carboxylic acids is 1. The van der Waals surface area contributed by atoms with Crippen LogP contribution in [0.5, 0.6) is 0 Å². The van der Waals surface area contributed by atoms with Gasteiger partial charge >= 0.3 is 5.97 Å². The summed E-state index contributed by atoms with van der Waals surface area (Å²) in [6.07, 6.45) is 5.11. The first-order valence-electron chi connectivity index (χ1n) is 6.15. The van der Waals surface area contributed by atoms with Crippen molar-refractivity contribution >= 4 is 5.97 Å². The summed E-state index contributed by atoms with van der Waals surface area (Å²) in [5, 5.41) is 3.43. The van der Waals surface area contributed by atoms with Crippen LogP contribution >= 0.6 is 0 Å². The molecule has 0 atom stereocenters. The fourth-order valence-electron chi connectivity index (χ4n) is 1.99. The van der Waals surface area contributed by atoms with Gasteiger partial charge in [-0.25, -0.2) is 4.79 Å². The van der Waals surface area contributed by atoms with Crippen LogP contribution in [0.3, 0.4) is 0 Å². The first-order valence-corrected chi connectivity index (χ1v) is 6.15. The highest BCUT2D eigenvalue weighted by Gasteiger charge is 2.17. The van der Waals surface area contributed by atoms with E-state index in [2.05, 4.69) is 18.8 Å². The van der Waals surface area contributed by atoms with Crippen LogP contribution in [0.25, 0.3) is 0 Å². The molecule has 1 fully saturated rings. The molecule has 0 aliphatic heterocycles. The van der Waals surface area contributed by atoms with Gasteiger partial charge in [-0.15, -0.1) is 0 Å². The highest BCUT2D eigenvalue weighted by Crippen LogP contribution is 2.23. The summed E-state index contributed by atoms with van der Waals surface area (Å²) in [4.78, 5) is 11.1. The molecule has 0 aromatic heterocycles. The Morgan fingerprint density at radius 3 is 2.56 bits per heavy atom. The molecule has 0 aromatic rings. The van der Waals surface area contributed by atoms with Crippen molar-refractivity contribution < 1.29 is 9.53 Å². The average molecular weight is 225 g/mol. The molecule has 0 radical (unpaired) electrons. The van der Waals surface area contributed by atoms with Crippen molar-refractivity contribution in [2.24, 2.45) is 5.92 Å². The van der Waals surface area contributed by atoms with Gasteiger partial charge in [0.2, 0.25) is 0 Å². The van der Waals surface area contributed by atoms with Crippen molar-refractivity contribution in [2.75, 3.05) is 13.2 Å². The highest BCUT2D eigenvalue weighted by molar-refractivity contribution is 5.86. The van der Waals surface area contributed by atoms with Crippen molar-refractivity contribution in [1.82, 2.24) is 5.32 Å². The van der Waals surface area contributed by atoms with E-state index in [4.69, 9.17) is 4.74 Å². The second kappa shape index (κ2) is 6.69. The summed E-state index contributed by atoms with van der Waals surface area (Å²) >= 11 is 0. The van der Waals surface area contributed by atoms with Crippen LogP contribution in [-0.2, 0) is 9.53 Å². The highest BCUT2D eigenvalue weighted by atomic mass is 16.5. The van der Waals surface area contributed by atoms with E-state index in [1.54, 1.807) is 6.92 Å². The average Bonchev–Trinajstić information content (AvgIpc) is 2.26. The van der Waals surface area contributed by atoms with Crippen LogP contribution in [0, 0.1) is 5.92 Å². The molecular weight excluding hydrogens is 202 g/mol. The lowest BCUT2D eigenvalue weighted by Crippen LogP contribution is -2.35. The molecule has 0 saturated heterocycles. The molecule has 1 saturated carbocycles. The fourth-order valence-corrected chi connectivity index (χ4v) is 1.99. The van der Waals surface area contributed by atoms with Crippen LogP contribution in [0.1, 0.15) is 39.5 Å². The van der Waals surface area contributed by atoms with Crippen molar-refractivity contribution in [3.05, 3.63) is 12.2 Å². The Morgan fingerprint density at radius 1 is 1.38 bits per heavy atom. The Bertz CT molecular complexity index is 242. The lowest BCUT2D eigenvalue weighted by Gasteiger charge is -2.26. The van der Waals surface area contributed by atoms with Crippen molar-refractivity contribution in [3.8, 4) is 0 Å². The molecule has 16 heavy (non-hydrogen) atoms. The molecule has 1 aliphatic rings. The molecule has 0 bridgehead atoms. The summed E-state index contributed by atoms with van der Waals surface area (Å²) in [5.74, 6) is 0.582. The quantitative estimate of drug-likeness (QED) is 0.443. The van der Waals surface area contributed by atoms with E-state index >= 15 is 0 Å². The van der Waals surface area contributed by atoms with Crippen LogP contribution in [0.2, 0.25) is 0 Å². The lowest BCUT2D eigenvalue weighted by molar-refractivity contribution is -0.138. The first-order chi connectivity index (χ1) is 7.59. The maximum Gasteiger partial charge on any atom is 0.333 e. The van der Waals surface area contributed by atoms with Gasteiger partial charge in [0.25, 0.3) is 0 Å². The maximum absolute atomic E-state index is 11.1. The van der Waals surface area contributed by atoms with Gasteiger partial charge in [-0.2, -0.15) is 0 Å². The Labute approximate surface area is 98.2 Å². The van der Waals surface area contributed by atoms with E-state index in [0.717, 1.165) is 12.5 Å². The molecular formula is C13H23NO2. The standard InChI is InChI=1S/C13H23NO2/c1-10(2)13(15)16-9-8-14-12-6-4-11(3)5-7-12/h11-12,14H,1,4-9H2,2-3H3. The third-order valence-electron chi connectivity index (χ3n) is 3.13. The minimum Gasteiger partial charge on any atom is -0.461 e. The zero-order chi connectivity index (χ0) is 12.0. The maximum atomic E-state index is 11.1. The van der Waals surface area contributed by atoms with Gasteiger partial charge in [-0.1, -0.05) is 13.5 Å². The molecule has 1 aliphatic carbocycles. The molecule has 0 amide bonds. The number of hydrogen-bond acceptors (Lipinski definition) is 3. The van der Waals surface area contributed by atoms with Gasteiger partial charge in [0.15, 0.2) is 0 Å². The van der Waals surface area contributed by atoms with E-state index in [0.29, 0.717) is 18.2 Å². The Hall–Kier alpha value is -0.830. The first kappa shape index (κ1) is 13.2. The van der Waals surface area contributed by atoms with Gasteiger partial charge in [0.1, 0.15) is 6.61 Å². The number of ether oxygens (including phenoxy) is 1. The number of hydrogen-bond donors (Lipinski definition) is 1. The summed E-state index contributed by atoms with van der Waals surface area (Å²) in [5.41, 5.74) is 0.464. The number of carbonyl (C=O) groups is 1. The van der Waals surface area contributed by atoms with Gasteiger partial charge in [0, 0.05) is 18.2 Å². The molecule has 1 N–H and O–H groups in total. The monoisotopic (exact) mass is 225 g/mol. The zero-order valence-electron chi connectivity index (χ0n) is 10.4. The van der Waals surface area contributed by atoms with Gasteiger partial charge < -0.3 is 10.1 Å². The topological polar surface area (TPSA) is 38.3 Å². The second-order valence-electron chi connectivity index (χ2n) is 4.83. The van der Waals surface area contributed by atoms with Crippen LogP contribution < -0.4 is 5.32 Å². The SMILES string of the molecule is C=C(C)C(=O)OCCNC1CCC(C)CC1. The minimum absolute atomic E-state index is 0.293. The van der Waals surface area contributed by atoms with Gasteiger partial charge in [0.05, 0.1) is 0 Å². The van der Waals surface area contributed by atoms with Crippen molar-refractivity contribution in [1.29, 1.82) is 0 Å². The van der Waals surface area contributed by atoms with E-state index < -0.39 is 0 Å². The predicted octanol–water partition coefficient (Wildman–Crippen LogP) is 2.27. The number of esters is 1. The minimum atomic E-state index is -0.293. The van der Waals surface area contributed by atoms with Crippen LogP contribution in [-0.4, -0.2) is 25.2 Å². The summed E-state index contributed by atoms with van der Waals surface area (Å²) in [7, 11) is 0. The molecule has 3 nitrogen and oxygen atoms in total. The normalized spacial score (nSPS) is 25.1. The summed E-state index contributed by atoms with van der Waals surface area (Å²) in [6.45, 7) is 8.70. The molecule has 0 unspecified atom stereocenters. The largest absolute Gasteiger partial charge is 0.461 e. The Kier molecular flexibility index (Phi) is 5.53. The fraction of sp³-hybridized carbons (Fsp3) is 0.769. The van der Waals surface area contributed by atoms with E-state index in [1.165, 1.54) is 25.7 Å². The molecule has 1 rings (SSSR count). The molecule has 0 spiro atoms. The van der Waals surface area contributed by atoms with E-state index in [1.807, 2.05) is 0 Å². The number of nitrogens with one attached hydrogen (secondary N) is 1. The van der Waals surface area contributed by atoms with Crippen molar-refractivity contribution in [3.63, 3.8) is 0 Å². The summed E-state index contributed by atoms with van der Waals surface area (Å²) in [6, 6.07) is 0.611. The lowest BCUT2D eigenvalue weighted by atomic mass is 9.87. The number of rotatable bonds is 5. The molecule has 0 heterocycles. The third kappa shape index (κ3) is 4.79. The van der Waals surface area contributed by atoms with Crippen LogP contribution in [0.15, 0.2) is 12.2 Å². The second-order valence-corrected chi connectivity index (χ2v) is 4.83. The molecule has 92 valence electrons. The Balaban J connectivity index is 2.03. The summed E-state index contributed by atoms with van der Waals surface area (Å²) < 4.78 is 5.01. The third-order valence-corrected chi connectivity index (χ3v) is 3.13. The zero-order valence-corrected chi connectivity index (χ0v) is 10.4.